The molecule has 2 aliphatic rings. The van der Waals surface area contributed by atoms with Crippen LogP contribution < -0.4 is 4.74 Å². The number of nitrogens with zero attached hydrogens (tertiary/aromatic N) is 3. The Hall–Kier alpha value is -2.34. The number of benzene rings is 1. The molecule has 1 aromatic heterocycles. The molecule has 150 valence electrons. The fourth-order valence-electron chi connectivity index (χ4n) is 4.25. The van der Waals surface area contributed by atoms with Crippen molar-refractivity contribution in [2.24, 2.45) is 0 Å². The van der Waals surface area contributed by atoms with E-state index in [2.05, 4.69) is 16.0 Å². The summed E-state index contributed by atoms with van der Waals surface area (Å²) in [5.74, 6) is 2.54. The van der Waals surface area contributed by atoms with Gasteiger partial charge < -0.3 is 14.1 Å². The Morgan fingerprint density at radius 2 is 2.04 bits per heavy atom. The first-order valence-corrected chi connectivity index (χ1v) is 10.3. The maximum Gasteiger partial charge on any atom is 0.237 e. The number of methoxy groups -OCH3 is 1. The second-order valence-corrected chi connectivity index (χ2v) is 7.78. The van der Waals surface area contributed by atoms with Gasteiger partial charge in [-0.2, -0.15) is 0 Å². The molecule has 28 heavy (non-hydrogen) atoms. The highest BCUT2D eigenvalue weighted by Gasteiger charge is 2.32. The molecule has 6 heteroatoms. The van der Waals surface area contributed by atoms with E-state index in [1.54, 1.807) is 13.3 Å². The predicted octanol–water partition coefficient (Wildman–Crippen LogP) is 3.42. The van der Waals surface area contributed by atoms with Crippen LogP contribution in [0.2, 0.25) is 0 Å². The average Bonchev–Trinajstić information content (AvgIpc) is 3.40. The lowest BCUT2D eigenvalue weighted by Crippen LogP contribution is -2.43. The van der Waals surface area contributed by atoms with Gasteiger partial charge in [-0.05, 0) is 62.9 Å². The number of rotatable bonds is 6. The van der Waals surface area contributed by atoms with Crippen molar-refractivity contribution in [1.82, 2.24) is 14.8 Å². The van der Waals surface area contributed by atoms with Gasteiger partial charge in [0.25, 0.3) is 0 Å². The van der Waals surface area contributed by atoms with Crippen molar-refractivity contribution in [1.29, 1.82) is 0 Å². The number of piperidine rings is 1. The maximum absolute atomic E-state index is 12.9. The quantitative estimate of drug-likeness (QED) is 0.765. The van der Waals surface area contributed by atoms with Crippen molar-refractivity contribution in [2.75, 3.05) is 33.3 Å². The van der Waals surface area contributed by atoms with E-state index < -0.39 is 0 Å². The van der Waals surface area contributed by atoms with Gasteiger partial charge in [0, 0.05) is 13.0 Å². The molecule has 0 radical (unpaired) electrons. The van der Waals surface area contributed by atoms with Crippen molar-refractivity contribution >= 4 is 5.91 Å². The highest BCUT2D eigenvalue weighted by Crippen LogP contribution is 2.31. The summed E-state index contributed by atoms with van der Waals surface area (Å²) >= 11 is 0. The largest absolute Gasteiger partial charge is 0.497 e. The molecule has 2 saturated heterocycles. The van der Waals surface area contributed by atoms with Gasteiger partial charge in [-0.15, -0.1) is 0 Å². The van der Waals surface area contributed by atoms with Gasteiger partial charge in [0.2, 0.25) is 11.8 Å². The normalized spacial score (nSPS) is 20.5. The third-order valence-electron chi connectivity index (χ3n) is 5.75. The number of amides is 1. The van der Waals surface area contributed by atoms with Gasteiger partial charge in [-0.3, -0.25) is 9.69 Å². The molecule has 3 heterocycles. The number of hydrogen-bond acceptors (Lipinski definition) is 5. The lowest BCUT2D eigenvalue weighted by molar-refractivity contribution is -0.136. The average molecular weight is 383 g/mol. The van der Waals surface area contributed by atoms with Crippen LogP contribution in [0.4, 0.5) is 0 Å². The van der Waals surface area contributed by atoms with Crippen LogP contribution in [0.5, 0.6) is 5.75 Å². The summed E-state index contributed by atoms with van der Waals surface area (Å²) < 4.78 is 11.4. The number of oxazole rings is 1. The van der Waals surface area contributed by atoms with E-state index in [1.807, 2.05) is 23.1 Å². The van der Waals surface area contributed by atoms with Gasteiger partial charge in [0.1, 0.15) is 17.6 Å². The lowest BCUT2D eigenvalue weighted by Gasteiger charge is -2.34. The molecule has 2 aromatic rings. The van der Waals surface area contributed by atoms with Crippen LogP contribution >= 0.6 is 0 Å². The Morgan fingerprint density at radius 3 is 2.86 bits per heavy atom. The van der Waals surface area contributed by atoms with Crippen molar-refractivity contribution in [3.8, 4) is 5.75 Å². The summed E-state index contributed by atoms with van der Waals surface area (Å²) in [5.41, 5.74) is 1.12. The minimum atomic E-state index is -0.0390. The molecule has 1 amide bonds. The molecule has 0 aliphatic carbocycles. The molecule has 1 aromatic carbocycles. The summed E-state index contributed by atoms with van der Waals surface area (Å²) in [6.45, 7) is 3.39. The first kappa shape index (κ1) is 19.0. The first-order chi connectivity index (χ1) is 13.7. The number of aromatic nitrogens is 1. The molecule has 2 fully saturated rings. The Balaban J connectivity index is 1.45. The molecule has 1 atom stereocenters. The van der Waals surface area contributed by atoms with Crippen LogP contribution in [0.1, 0.15) is 55.4 Å². The monoisotopic (exact) mass is 383 g/mol. The second kappa shape index (κ2) is 8.78. The van der Waals surface area contributed by atoms with Crippen LogP contribution in [-0.2, 0) is 11.2 Å². The highest BCUT2D eigenvalue weighted by atomic mass is 16.5. The van der Waals surface area contributed by atoms with Gasteiger partial charge in [-0.25, -0.2) is 4.98 Å². The molecule has 4 rings (SSSR count). The minimum absolute atomic E-state index is 0.0390. The Kier molecular flexibility index (Phi) is 5.95. The molecule has 0 bridgehead atoms. The van der Waals surface area contributed by atoms with Crippen molar-refractivity contribution in [2.45, 2.75) is 44.6 Å². The summed E-state index contributed by atoms with van der Waals surface area (Å²) in [6.07, 6.45) is 7.94. The Bertz CT molecular complexity index is 798. The van der Waals surface area contributed by atoms with Crippen molar-refractivity contribution in [3.05, 3.63) is 47.7 Å². The molecule has 0 N–H and O–H groups in total. The molecule has 1 unspecified atom stereocenters. The third kappa shape index (κ3) is 4.38. The van der Waals surface area contributed by atoms with Gasteiger partial charge in [-0.1, -0.05) is 12.1 Å². The fraction of sp³-hybridized carbons (Fsp3) is 0.545. The fourth-order valence-corrected chi connectivity index (χ4v) is 4.25. The molecule has 6 nitrogen and oxygen atoms in total. The zero-order valence-electron chi connectivity index (χ0n) is 16.6. The summed E-state index contributed by atoms with van der Waals surface area (Å²) in [7, 11) is 1.67. The Morgan fingerprint density at radius 1 is 1.21 bits per heavy atom. The van der Waals surface area contributed by atoms with E-state index in [4.69, 9.17) is 9.15 Å². The van der Waals surface area contributed by atoms with Crippen LogP contribution in [0.3, 0.4) is 0 Å². The van der Waals surface area contributed by atoms with Gasteiger partial charge in [0.15, 0.2) is 0 Å². The summed E-state index contributed by atoms with van der Waals surface area (Å²) in [4.78, 5) is 21.7. The van der Waals surface area contributed by atoms with Crippen LogP contribution in [0, 0.1) is 0 Å². The molecular weight excluding hydrogens is 354 g/mol. The zero-order chi connectivity index (χ0) is 19.3. The van der Waals surface area contributed by atoms with Crippen LogP contribution in [0.15, 0.2) is 34.9 Å². The van der Waals surface area contributed by atoms with E-state index in [0.29, 0.717) is 18.9 Å². The number of likely N-dealkylation sites (tertiary alicyclic amines) is 2. The minimum Gasteiger partial charge on any atom is -0.497 e. The van der Waals surface area contributed by atoms with E-state index in [9.17, 15) is 4.79 Å². The number of hydrogen-bond donors (Lipinski definition) is 0. The summed E-state index contributed by atoms with van der Waals surface area (Å²) in [6, 6.07) is 7.93. The second-order valence-electron chi connectivity index (χ2n) is 7.78. The van der Waals surface area contributed by atoms with Gasteiger partial charge in [0.05, 0.1) is 19.9 Å². The molecule has 0 saturated carbocycles. The smallest absolute Gasteiger partial charge is 0.237 e. The van der Waals surface area contributed by atoms with Crippen molar-refractivity contribution in [3.63, 3.8) is 0 Å². The first-order valence-electron chi connectivity index (χ1n) is 10.3. The SMILES string of the molecule is COc1cccc(Cc2cnc(C3CCCCN3C(=O)CN3CCCC3)o2)c1. The van der Waals surface area contributed by atoms with Crippen molar-refractivity contribution < 1.29 is 13.9 Å². The molecular formula is C22H29N3O3. The summed E-state index contributed by atoms with van der Waals surface area (Å²) in [5, 5.41) is 0. The van der Waals surface area contributed by atoms with Crippen LogP contribution in [-0.4, -0.2) is 54.0 Å². The third-order valence-corrected chi connectivity index (χ3v) is 5.75. The van der Waals surface area contributed by atoms with E-state index in [1.165, 1.54) is 12.8 Å². The van der Waals surface area contributed by atoms with Crippen LogP contribution in [0.25, 0.3) is 0 Å². The number of carbonyl (C=O) groups excluding carboxylic acids is 1. The lowest BCUT2D eigenvalue weighted by atomic mass is 10.0. The standard InChI is InChI=1S/C22H29N3O3/c1-27-18-8-6-7-17(13-18)14-19-15-23-22(28-19)20-9-2-3-12-25(20)21(26)16-24-10-4-5-11-24/h6-8,13,15,20H,2-5,9-12,14,16H2,1H3. The van der Waals surface area contributed by atoms with Gasteiger partial charge >= 0.3 is 0 Å². The highest BCUT2D eigenvalue weighted by molar-refractivity contribution is 5.78. The van der Waals surface area contributed by atoms with E-state index >= 15 is 0 Å². The van der Waals surface area contributed by atoms with E-state index in [-0.39, 0.29) is 11.9 Å². The number of ether oxygens (including phenoxy) is 1. The number of carbonyl (C=O) groups is 1. The van der Waals surface area contributed by atoms with E-state index in [0.717, 1.165) is 56.0 Å². The predicted molar refractivity (Wildman–Crippen MR) is 106 cm³/mol. The molecule has 2 aliphatic heterocycles. The zero-order valence-corrected chi connectivity index (χ0v) is 16.6. The topological polar surface area (TPSA) is 58.8 Å². The Labute approximate surface area is 166 Å². The molecule has 0 spiro atoms. The maximum atomic E-state index is 12.9.